The summed E-state index contributed by atoms with van der Waals surface area (Å²) in [6, 6.07) is 0. The van der Waals surface area contributed by atoms with E-state index >= 15 is 0 Å². The average molecular weight is 521 g/mol. The summed E-state index contributed by atoms with van der Waals surface area (Å²) in [5.41, 5.74) is -3.11. The summed E-state index contributed by atoms with van der Waals surface area (Å²) < 4.78 is 39.4. The standard InChI is InChI=1S/C26H32O11/c1-11-15-17(34-23(30)26(6)13(3)36-26)16(33-22(29)25(5)12(2)35-25)14(21(28)31-7)9-8-10-24(4)19(37-24)18(15)32-20(11)27/h9,12-13,15-19H,1,8,10H2,2-7H3/b14-9+/t12-,13-,15-,16+,17+,18+,19-,24-,25-,26-/m1/s1. The summed E-state index contributed by atoms with van der Waals surface area (Å²) in [5, 5.41) is 0. The number of epoxide rings is 3. The highest BCUT2D eigenvalue weighted by Crippen LogP contribution is 2.51. The molecule has 4 saturated heterocycles. The average Bonchev–Trinajstić information content (AvgIpc) is 3.77. The van der Waals surface area contributed by atoms with Crippen LogP contribution in [0.2, 0.25) is 0 Å². The molecule has 0 amide bonds. The number of esters is 4. The third kappa shape index (κ3) is 4.07. The SMILES string of the molecule is C=C1C(=O)O[C@H]2[C@H]1[C@H](OC(=O)[C@]1(C)O[C@@H]1C)[C@@H](OC(=O)[C@]1(C)O[C@@H]1C)/C(C(=O)OC)=C\CC[C@@]1(C)O[C@H]21. The molecule has 5 aliphatic rings. The molecule has 0 bridgehead atoms. The Balaban J connectivity index is 1.61. The molecule has 11 heteroatoms. The van der Waals surface area contributed by atoms with Gasteiger partial charge in [0.05, 0.1) is 36.4 Å². The number of carbonyl (C=O) groups is 4. The number of carbonyl (C=O) groups excluding carboxylic acids is 4. The first-order valence-electron chi connectivity index (χ1n) is 12.4. The topological polar surface area (TPSA) is 143 Å². The van der Waals surface area contributed by atoms with Gasteiger partial charge in [-0.2, -0.15) is 0 Å². The molecule has 0 unspecified atom stereocenters. The molecule has 0 radical (unpaired) electrons. The molecule has 4 fully saturated rings. The Morgan fingerprint density at radius 1 is 1.00 bits per heavy atom. The van der Waals surface area contributed by atoms with Crippen LogP contribution in [0.5, 0.6) is 0 Å². The van der Waals surface area contributed by atoms with E-state index in [1.54, 1.807) is 33.8 Å². The Morgan fingerprint density at radius 2 is 1.57 bits per heavy atom. The molecule has 4 heterocycles. The van der Waals surface area contributed by atoms with Crippen molar-refractivity contribution < 1.29 is 52.3 Å². The van der Waals surface area contributed by atoms with Crippen LogP contribution in [0, 0.1) is 5.92 Å². The Hall–Kier alpha value is -2.76. The third-order valence-corrected chi connectivity index (χ3v) is 8.45. The molecule has 4 aliphatic heterocycles. The van der Waals surface area contributed by atoms with Crippen molar-refractivity contribution in [1.29, 1.82) is 0 Å². The highest BCUT2D eigenvalue weighted by Gasteiger charge is 2.67. The quantitative estimate of drug-likeness (QED) is 0.224. The van der Waals surface area contributed by atoms with Crippen LogP contribution in [0.25, 0.3) is 0 Å². The van der Waals surface area contributed by atoms with Crippen molar-refractivity contribution in [2.45, 2.75) is 101 Å². The van der Waals surface area contributed by atoms with Crippen LogP contribution in [0.3, 0.4) is 0 Å². The largest absolute Gasteiger partial charge is 0.466 e. The maximum atomic E-state index is 13.3. The lowest BCUT2D eigenvalue weighted by atomic mass is 9.80. The molecular formula is C26H32O11. The molecule has 10 atom stereocenters. The molecule has 1 aliphatic carbocycles. The third-order valence-electron chi connectivity index (χ3n) is 8.45. The number of hydrogen-bond acceptors (Lipinski definition) is 11. The van der Waals surface area contributed by atoms with Crippen molar-refractivity contribution in [3.63, 3.8) is 0 Å². The zero-order chi connectivity index (χ0) is 27.1. The number of hydrogen-bond donors (Lipinski definition) is 0. The van der Waals surface area contributed by atoms with Gasteiger partial charge in [-0.1, -0.05) is 12.7 Å². The van der Waals surface area contributed by atoms with Gasteiger partial charge in [0.2, 0.25) is 0 Å². The summed E-state index contributed by atoms with van der Waals surface area (Å²) in [6.07, 6.45) is -2.57. The maximum absolute atomic E-state index is 13.3. The van der Waals surface area contributed by atoms with Gasteiger partial charge in [0.1, 0.15) is 12.2 Å². The van der Waals surface area contributed by atoms with Gasteiger partial charge in [0, 0.05) is 5.57 Å². The second-order valence-electron chi connectivity index (χ2n) is 10.9. The lowest BCUT2D eigenvalue weighted by Crippen LogP contribution is -2.50. The van der Waals surface area contributed by atoms with E-state index < -0.39 is 83.2 Å². The van der Waals surface area contributed by atoms with Crippen LogP contribution in [-0.4, -0.2) is 84.4 Å². The number of allylic oxidation sites excluding steroid dienone is 1. The van der Waals surface area contributed by atoms with Gasteiger partial charge in [-0.05, 0) is 47.5 Å². The molecule has 202 valence electrons. The summed E-state index contributed by atoms with van der Waals surface area (Å²) >= 11 is 0. The van der Waals surface area contributed by atoms with E-state index in [2.05, 4.69) is 6.58 Å². The lowest BCUT2D eigenvalue weighted by molar-refractivity contribution is -0.178. The minimum Gasteiger partial charge on any atom is -0.466 e. The fraction of sp³-hybridized carbons (Fsp3) is 0.692. The maximum Gasteiger partial charge on any atom is 0.341 e. The van der Waals surface area contributed by atoms with Crippen molar-refractivity contribution >= 4 is 23.9 Å². The van der Waals surface area contributed by atoms with Gasteiger partial charge in [0.25, 0.3) is 0 Å². The zero-order valence-corrected chi connectivity index (χ0v) is 21.7. The van der Waals surface area contributed by atoms with Crippen molar-refractivity contribution in [3.8, 4) is 0 Å². The smallest absolute Gasteiger partial charge is 0.341 e. The van der Waals surface area contributed by atoms with Gasteiger partial charge >= 0.3 is 23.9 Å². The highest BCUT2D eigenvalue weighted by molar-refractivity contribution is 5.93. The van der Waals surface area contributed by atoms with E-state index in [4.69, 9.17) is 33.2 Å². The second kappa shape index (κ2) is 8.37. The van der Waals surface area contributed by atoms with Gasteiger partial charge < -0.3 is 33.2 Å². The predicted molar refractivity (Wildman–Crippen MR) is 123 cm³/mol. The molecule has 11 nitrogen and oxygen atoms in total. The summed E-state index contributed by atoms with van der Waals surface area (Å²) in [4.78, 5) is 52.3. The van der Waals surface area contributed by atoms with E-state index in [1.165, 1.54) is 7.11 Å². The van der Waals surface area contributed by atoms with Crippen molar-refractivity contribution in [2.75, 3.05) is 7.11 Å². The van der Waals surface area contributed by atoms with Crippen LogP contribution in [-0.2, 0) is 52.3 Å². The first kappa shape index (κ1) is 25.9. The van der Waals surface area contributed by atoms with E-state index in [1.807, 2.05) is 6.92 Å². The molecule has 0 aromatic carbocycles. The number of fused-ring (bicyclic) bond motifs is 3. The zero-order valence-electron chi connectivity index (χ0n) is 21.7. The van der Waals surface area contributed by atoms with Crippen LogP contribution in [0.1, 0.15) is 47.5 Å². The molecule has 5 rings (SSSR count). The normalized spacial score (nSPS) is 47.3. The van der Waals surface area contributed by atoms with Crippen molar-refractivity contribution in [3.05, 3.63) is 23.8 Å². The Bertz CT molecular complexity index is 1110. The van der Waals surface area contributed by atoms with E-state index in [9.17, 15) is 19.2 Å². The molecule has 0 aromatic heterocycles. The lowest BCUT2D eigenvalue weighted by Gasteiger charge is -2.34. The first-order valence-corrected chi connectivity index (χ1v) is 12.4. The van der Waals surface area contributed by atoms with Gasteiger partial charge in [0.15, 0.2) is 23.4 Å². The predicted octanol–water partition coefficient (Wildman–Crippen LogP) is 1.31. The van der Waals surface area contributed by atoms with E-state index in [0.717, 1.165) is 0 Å². The highest BCUT2D eigenvalue weighted by atomic mass is 16.7. The molecule has 0 saturated carbocycles. The van der Waals surface area contributed by atoms with Crippen molar-refractivity contribution in [1.82, 2.24) is 0 Å². The second-order valence-corrected chi connectivity index (χ2v) is 10.9. The van der Waals surface area contributed by atoms with Crippen LogP contribution in [0.4, 0.5) is 0 Å². The van der Waals surface area contributed by atoms with Gasteiger partial charge in [-0.25, -0.2) is 19.2 Å². The monoisotopic (exact) mass is 520 g/mol. The Morgan fingerprint density at radius 3 is 2.11 bits per heavy atom. The number of ether oxygens (including phenoxy) is 7. The molecule has 0 aromatic rings. The van der Waals surface area contributed by atoms with Crippen molar-refractivity contribution in [2.24, 2.45) is 5.92 Å². The van der Waals surface area contributed by atoms with E-state index in [-0.39, 0.29) is 11.1 Å². The Kier molecular flexibility index (Phi) is 5.85. The van der Waals surface area contributed by atoms with Gasteiger partial charge in [-0.3, -0.25) is 0 Å². The molecule has 0 spiro atoms. The van der Waals surface area contributed by atoms with Gasteiger partial charge in [-0.15, -0.1) is 0 Å². The summed E-state index contributed by atoms with van der Waals surface area (Å²) in [7, 11) is 1.20. The number of methoxy groups -OCH3 is 1. The molecule has 37 heavy (non-hydrogen) atoms. The minimum absolute atomic E-state index is 0.0173. The summed E-state index contributed by atoms with van der Waals surface area (Å²) in [5.74, 6) is -3.92. The number of rotatable bonds is 5. The van der Waals surface area contributed by atoms with Crippen LogP contribution in [0.15, 0.2) is 23.8 Å². The first-order chi connectivity index (χ1) is 17.3. The van der Waals surface area contributed by atoms with Crippen LogP contribution >= 0.6 is 0 Å². The molecule has 0 N–H and O–H groups in total. The van der Waals surface area contributed by atoms with E-state index in [0.29, 0.717) is 12.8 Å². The van der Waals surface area contributed by atoms with Crippen LogP contribution < -0.4 is 0 Å². The summed E-state index contributed by atoms with van der Waals surface area (Å²) in [6.45, 7) is 12.3. The minimum atomic E-state index is -1.45. The molecular weight excluding hydrogens is 488 g/mol. The fourth-order valence-corrected chi connectivity index (χ4v) is 5.26. The fourth-order valence-electron chi connectivity index (χ4n) is 5.26. The Labute approximate surface area is 214 Å².